The fourth-order valence-electron chi connectivity index (χ4n) is 7.11. The molecule has 4 rings (SSSR count). The van der Waals surface area contributed by atoms with Crippen LogP contribution in [0, 0.1) is 11.8 Å². The van der Waals surface area contributed by atoms with Gasteiger partial charge < -0.3 is 0 Å². The summed E-state index contributed by atoms with van der Waals surface area (Å²) in [5.74, 6) is 2.30. The van der Waals surface area contributed by atoms with Gasteiger partial charge in [0.05, 0.1) is 0 Å². The molecule has 0 unspecified atom stereocenters. The Morgan fingerprint density at radius 1 is 0.696 bits per heavy atom. The minimum absolute atomic E-state index is 0.327. The highest BCUT2D eigenvalue weighted by Crippen LogP contribution is 2.77. The quantitative estimate of drug-likeness (QED) is 0.302. The Kier molecular flexibility index (Phi) is 5.12. The van der Waals surface area contributed by atoms with Crippen LogP contribution in [0.1, 0.15) is 110 Å². The van der Waals surface area contributed by atoms with Crippen molar-refractivity contribution in [2.24, 2.45) is 11.8 Å². The Balaban J connectivity index is 1.40. The molecule has 0 aromatic heterocycles. The zero-order valence-electron chi connectivity index (χ0n) is 15.6. The van der Waals surface area contributed by atoms with Gasteiger partial charge in [0, 0.05) is 0 Å². The highest BCUT2D eigenvalue weighted by atomic mass is 31.1. The van der Waals surface area contributed by atoms with E-state index < -0.39 is 0 Å². The van der Waals surface area contributed by atoms with Gasteiger partial charge in [-0.15, -0.1) is 0 Å². The van der Waals surface area contributed by atoms with Crippen LogP contribution in [0.5, 0.6) is 0 Å². The summed E-state index contributed by atoms with van der Waals surface area (Å²) in [7, 11) is 0.327. The molecule has 4 aliphatic rings. The minimum Gasteiger partial charge on any atom is -0.0939 e. The lowest BCUT2D eigenvalue weighted by Gasteiger charge is -2.48. The average molecular weight is 335 g/mol. The molecule has 0 heterocycles. The summed E-state index contributed by atoms with van der Waals surface area (Å²) in [6.07, 6.45) is 27.0. The predicted molar refractivity (Wildman–Crippen MR) is 104 cm³/mol. The Morgan fingerprint density at radius 3 is 1.61 bits per heavy atom. The lowest BCUT2D eigenvalue weighted by molar-refractivity contribution is 0.471. The Bertz CT molecular complexity index is 355. The first-order valence-electron chi connectivity index (χ1n) is 11.0. The van der Waals surface area contributed by atoms with Gasteiger partial charge in [-0.3, -0.25) is 0 Å². The van der Waals surface area contributed by atoms with E-state index in [0.29, 0.717) is 7.92 Å². The molecule has 0 spiro atoms. The maximum Gasteiger partial charge on any atom is -0.00866 e. The number of fused-ring (bicyclic) bond motifs is 4. The second kappa shape index (κ2) is 6.97. The largest absolute Gasteiger partial charge is 0.0939 e. The first-order valence-corrected chi connectivity index (χ1v) is 12.6. The maximum absolute atomic E-state index is 2.34. The van der Waals surface area contributed by atoms with Crippen molar-refractivity contribution < 1.29 is 0 Å². The summed E-state index contributed by atoms with van der Waals surface area (Å²) in [6, 6.07) is 0. The van der Waals surface area contributed by atoms with E-state index >= 15 is 0 Å². The number of rotatable bonds is 9. The molecular formula is C22H39P. The van der Waals surface area contributed by atoms with Crippen molar-refractivity contribution in [2.75, 3.05) is 6.16 Å². The third-order valence-electron chi connectivity index (χ3n) is 8.29. The van der Waals surface area contributed by atoms with Crippen LogP contribution in [0.15, 0.2) is 0 Å². The van der Waals surface area contributed by atoms with Crippen LogP contribution < -0.4 is 0 Å². The molecule has 0 atom stereocenters. The first-order chi connectivity index (χ1) is 11.3. The van der Waals surface area contributed by atoms with Gasteiger partial charge in [0.1, 0.15) is 0 Å². The van der Waals surface area contributed by atoms with E-state index in [4.69, 9.17) is 0 Å². The lowest BCUT2D eigenvalue weighted by Crippen LogP contribution is -2.34. The van der Waals surface area contributed by atoms with Gasteiger partial charge in [-0.05, 0) is 98.9 Å². The second-order valence-corrected chi connectivity index (χ2v) is 12.9. The maximum atomic E-state index is 2.34. The molecule has 4 aliphatic carbocycles. The minimum atomic E-state index is 0.327. The predicted octanol–water partition coefficient (Wildman–Crippen LogP) is 7.49. The van der Waals surface area contributed by atoms with Gasteiger partial charge in [-0.2, -0.15) is 0 Å². The van der Waals surface area contributed by atoms with Gasteiger partial charge in [-0.1, -0.05) is 46.9 Å². The first kappa shape index (κ1) is 16.9. The highest BCUT2D eigenvalue weighted by molar-refractivity contribution is 7.61. The Morgan fingerprint density at radius 2 is 1.17 bits per heavy atom. The Labute approximate surface area is 146 Å². The zero-order chi connectivity index (χ0) is 15.8. The molecule has 0 nitrogen and oxygen atoms in total. The summed E-state index contributed by atoms with van der Waals surface area (Å²) in [6.45, 7) is 2.34. The highest BCUT2D eigenvalue weighted by Gasteiger charge is 2.58. The van der Waals surface area contributed by atoms with Crippen LogP contribution in [-0.4, -0.2) is 16.5 Å². The monoisotopic (exact) mass is 334 g/mol. The molecule has 0 aliphatic heterocycles. The van der Waals surface area contributed by atoms with Crippen LogP contribution in [-0.2, 0) is 0 Å². The van der Waals surface area contributed by atoms with Crippen molar-refractivity contribution in [3.63, 3.8) is 0 Å². The van der Waals surface area contributed by atoms with Gasteiger partial charge in [0.25, 0.3) is 0 Å². The molecule has 132 valence electrons. The lowest BCUT2D eigenvalue weighted by atomic mass is 9.99. The molecule has 0 saturated heterocycles. The van der Waals surface area contributed by atoms with E-state index in [-0.39, 0.29) is 0 Å². The van der Waals surface area contributed by atoms with Crippen molar-refractivity contribution >= 4 is 7.92 Å². The summed E-state index contributed by atoms with van der Waals surface area (Å²) >= 11 is 0. The number of unbranched alkanes of at least 4 members (excludes halogenated alkanes) is 5. The van der Waals surface area contributed by atoms with Gasteiger partial charge >= 0.3 is 0 Å². The van der Waals surface area contributed by atoms with E-state index in [1.165, 1.54) is 32.1 Å². The number of hydrogen-bond acceptors (Lipinski definition) is 0. The van der Waals surface area contributed by atoms with Crippen molar-refractivity contribution in [2.45, 2.75) is 120 Å². The molecule has 0 aromatic carbocycles. The molecule has 0 amide bonds. The molecule has 0 N–H and O–H groups in total. The van der Waals surface area contributed by atoms with E-state index in [2.05, 4.69) is 6.92 Å². The zero-order valence-corrected chi connectivity index (χ0v) is 16.5. The third kappa shape index (κ3) is 3.16. The SMILES string of the molecule is CCCCCCCCP(C12CCC(CC1)C2)C12CCC(CC1)C2. The van der Waals surface area contributed by atoms with Gasteiger partial charge in [0.15, 0.2) is 0 Å². The van der Waals surface area contributed by atoms with Crippen LogP contribution in [0.3, 0.4) is 0 Å². The second-order valence-electron chi connectivity index (χ2n) is 9.66. The summed E-state index contributed by atoms with van der Waals surface area (Å²) in [5, 5.41) is 1.78. The number of hydrogen-bond donors (Lipinski definition) is 0. The van der Waals surface area contributed by atoms with Crippen LogP contribution >= 0.6 is 7.92 Å². The average Bonchev–Trinajstić information content (AvgIpc) is 3.34. The Hall–Kier alpha value is 0.430. The molecule has 0 aromatic rings. The van der Waals surface area contributed by atoms with E-state index in [0.717, 1.165) is 22.1 Å². The third-order valence-corrected chi connectivity index (χ3v) is 12.6. The van der Waals surface area contributed by atoms with Gasteiger partial charge in [0.2, 0.25) is 0 Å². The van der Waals surface area contributed by atoms with Crippen LogP contribution in [0.2, 0.25) is 0 Å². The molecule has 1 heteroatoms. The van der Waals surface area contributed by atoms with Crippen molar-refractivity contribution in [3.05, 3.63) is 0 Å². The van der Waals surface area contributed by atoms with Crippen LogP contribution in [0.4, 0.5) is 0 Å². The fraction of sp³-hybridized carbons (Fsp3) is 1.00. The molecule has 4 fully saturated rings. The fourth-order valence-corrected chi connectivity index (χ4v) is 12.2. The topological polar surface area (TPSA) is 0 Å². The summed E-state index contributed by atoms with van der Waals surface area (Å²) in [5.41, 5.74) is 0. The standard InChI is InChI=1S/C22H39P/c1-2-3-4-5-6-7-16-23(21-12-8-19(17-21)9-13-21)22-14-10-20(18-22)11-15-22/h19-20H,2-18H2,1H3. The van der Waals surface area contributed by atoms with E-state index in [1.54, 1.807) is 76.8 Å². The summed E-state index contributed by atoms with van der Waals surface area (Å²) < 4.78 is 0. The van der Waals surface area contributed by atoms with Crippen molar-refractivity contribution in [1.29, 1.82) is 0 Å². The molecule has 4 saturated carbocycles. The molecule has 23 heavy (non-hydrogen) atoms. The normalized spacial score (nSPS) is 42.7. The smallest absolute Gasteiger partial charge is 0.00866 e. The molecule has 4 bridgehead atoms. The summed E-state index contributed by atoms with van der Waals surface area (Å²) in [4.78, 5) is 0. The van der Waals surface area contributed by atoms with Crippen molar-refractivity contribution in [1.82, 2.24) is 0 Å². The van der Waals surface area contributed by atoms with Crippen molar-refractivity contribution in [3.8, 4) is 0 Å². The van der Waals surface area contributed by atoms with E-state index in [1.807, 2.05) is 0 Å². The van der Waals surface area contributed by atoms with E-state index in [9.17, 15) is 0 Å². The van der Waals surface area contributed by atoms with Crippen LogP contribution in [0.25, 0.3) is 0 Å². The molecule has 0 radical (unpaired) electrons. The molecular weight excluding hydrogens is 295 g/mol. The van der Waals surface area contributed by atoms with Gasteiger partial charge in [-0.25, -0.2) is 0 Å².